The number of imide groups is 1. The van der Waals surface area contributed by atoms with Crippen molar-refractivity contribution in [3.05, 3.63) is 104 Å². The summed E-state index contributed by atoms with van der Waals surface area (Å²) >= 11 is 2.32. The third-order valence-corrected chi connectivity index (χ3v) is 9.46. The summed E-state index contributed by atoms with van der Waals surface area (Å²) in [5.74, 6) is -1.50. The lowest BCUT2D eigenvalue weighted by molar-refractivity contribution is -0.122. The number of fused-ring (bicyclic) bond motifs is 2. The van der Waals surface area contributed by atoms with Gasteiger partial charge >= 0.3 is 4.87 Å². The number of benzene rings is 3. The van der Waals surface area contributed by atoms with Crippen molar-refractivity contribution in [1.82, 2.24) is 4.98 Å². The second kappa shape index (κ2) is 10.4. The molecule has 0 aliphatic carbocycles. The van der Waals surface area contributed by atoms with Gasteiger partial charge in [0, 0.05) is 16.5 Å². The van der Waals surface area contributed by atoms with E-state index in [1.807, 2.05) is 62.4 Å². The first-order chi connectivity index (χ1) is 19.3. The number of ether oxygens (including phenoxy) is 1. The molecule has 2 aliphatic heterocycles. The van der Waals surface area contributed by atoms with E-state index in [0.29, 0.717) is 22.2 Å². The van der Waals surface area contributed by atoms with Crippen LogP contribution in [-0.4, -0.2) is 34.6 Å². The summed E-state index contributed by atoms with van der Waals surface area (Å²) in [5.41, 5.74) is 4.15. The summed E-state index contributed by atoms with van der Waals surface area (Å²) < 4.78 is 5.69. The van der Waals surface area contributed by atoms with Crippen LogP contribution in [0.15, 0.2) is 82.6 Å². The van der Waals surface area contributed by atoms with Crippen molar-refractivity contribution in [3.8, 4) is 5.75 Å². The fourth-order valence-corrected chi connectivity index (χ4v) is 7.59. The topological polar surface area (TPSA) is 109 Å². The van der Waals surface area contributed by atoms with E-state index in [0.717, 1.165) is 32.9 Å². The summed E-state index contributed by atoms with van der Waals surface area (Å²) in [6.07, 6.45) is 0. The average molecular weight is 572 g/mol. The van der Waals surface area contributed by atoms with Crippen LogP contribution in [0.5, 0.6) is 5.75 Å². The second-order valence-corrected chi connectivity index (χ2v) is 12.0. The molecule has 1 fully saturated rings. The molecule has 3 atom stereocenters. The van der Waals surface area contributed by atoms with Crippen molar-refractivity contribution in [2.75, 3.05) is 16.8 Å². The van der Waals surface area contributed by atoms with Crippen LogP contribution in [0.4, 0.5) is 11.4 Å². The number of anilines is 2. The Morgan fingerprint density at radius 3 is 2.23 bits per heavy atom. The molecule has 10 heteroatoms. The van der Waals surface area contributed by atoms with Crippen LogP contribution >= 0.6 is 23.1 Å². The quantitative estimate of drug-likeness (QED) is 0.320. The van der Waals surface area contributed by atoms with E-state index in [1.54, 1.807) is 24.3 Å². The number of thioether (sulfide) groups is 1. The van der Waals surface area contributed by atoms with Gasteiger partial charge in [0.05, 0.1) is 16.6 Å². The lowest BCUT2D eigenvalue weighted by Crippen LogP contribution is -2.32. The summed E-state index contributed by atoms with van der Waals surface area (Å²) in [4.78, 5) is 56.6. The van der Waals surface area contributed by atoms with E-state index in [4.69, 9.17) is 4.74 Å². The molecule has 202 valence electrons. The molecule has 1 saturated heterocycles. The van der Waals surface area contributed by atoms with Crippen LogP contribution in [-0.2, 0) is 14.4 Å². The Hall–Kier alpha value is -4.15. The molecule has 40 heavy (non-hydrogen) atoms. The molecule has 6 rings (SSSR count). The Kier molecular flexibility index (Phi) is 6.81. The normalized spacial score (nSPS) is 19.8. The van der Waals surface area contributed by atoms with Gasteiger partial charge in [-0.2, -0.15) is 0 Å². The summed E-state index contributed by atoms with van der Waals surface area (Å²) in [5, 5.41) is 2.77. The van der Waals surface area contributed by atoms with Crippen molar-refractivity contribution in [3.63, 3.8) is 0 Å². The molecule has 4 aromatic rings. The van der Waals surface area contributed by atoms with Gasteiger partial charge < -0.3 is 15.0 Å². The molecule has 2 aliphatic rings. The summed E-state index contributed by atoms with van der Waals surface area (Å²) in [6, 6.07) is 21.9. The van der Waals surface area contributed by atoms with Crippen LogP contribution in [0.2, 0.25) is 0 Å². The van der Waals surface area contributed by atoms with Crippen molar-refractivity contribution < 1.29 is 19.1 Å². The highest BCUT2D eigenvalue weighted by atomic mass is 32.2. The van der Waals surface area contributed by atoms with Gasteiger partial charge in [0.1, 0.15) is 11.0 Å². The van der Waals surface area contributed by atoms with Gasteiger partial charge in [-0.05, 0) is 55.8 Å². The van der Waals surface area contributed by atoms with Crippen LogP contribution in [0.1, 0.15) is 27.5 Å². The zero-order valence-electron chi connectivity index (χ0n) is 21.7. The van der Waals surface area contributed by atoms with Gasteiger partial charge in [0.2, 0.25) is 11.8 Å². The van der Waals surface area contributed by atoms with Gasteiger partial charge in [-0.15, -0.1) is 0 Å². The first kappa shape index (κ1) is 26.1. The molecule has 0 radical (unpaired) electrons. The highest BCUT2D eigenvalue weighted by molar-refractivity contribution is 8.00. The van der Waals surface area contributed by atoms with E-state index < -0.39 is 17.1 Å². The first-order valence-electron chi connectivity index (χ1n) is 12.7. The average Bonchev–Trinajstić information content (AvgIpc) is 3.44. The molecule has 0 spiro atoms. The van der Waals surface area contributed by atoms with Gasteiger partial charge in [0.25, 0.3) is 5.91 Å². The Bertz CT molecular complexity index is 1660. The van der Waals surface area contributed by atoms with Crippen LogP contribution in [0.25, 0.3) is 0 Å². The molecule has 2 N–H and O–H groups in total. The van der Waals surface area contributed by atoms with Crippen molar-refractivity contribution >= 4 is 52.2 Å². The number of nitrogens with zero attached hydrogens (tertiary/aromatic N) is 1. The highest BCUT2D eigenvalue weighted by Gasteiger charge is 2.56. The van der Waals surface area contributed by atoms with Gasteiger partial charge in [-0.1, -0.05) is 70.6 Å². The minimum atomic E-state index is -0.662. The van der Waals surface area contributed by atoms with E-state index in [-0.39, 0.29) is 29.2 Å². The molecule has 3 aromatic carbocycles. The fraction of sp³-hybridized carbons (Fsp3) is 0.200. The third-order valence-electron chi connectivity index (χ3n) is 7.06. The smallest absolute Gasteiger partial charge is 0.305 e. The molecule has 0 bridgehead atoms. The molecule has 8 nitrogen and oxygen atoms in total. The lowest BCUT2D eigenvalue weighted by atomic mass is 9.83. The third kappa shape index (κ3) is 4.84. The number of hydrogen-bond acceptors (Lipinski definition) is 7. The van der Waals surface area contributed by atoms with Crippen molar-refractivity contribution in [2.45, 2.75) is 30.0 Å². The van der Waals surface area contributed by atoms with Crippen LogP contribution in [0, 0.1) is 19.8 Å². The second-order valence-electron chi connectivity index (χ2n) is 9.87. The minimum absolute atomic E-state index is 0.167. The van der Waals surface area contributed by atoms with Gasteiger partial charge in [-0.3, -0.25) is 19.2 Å². The number of H-pyrrole nitrogens is 1. The monoisotopic (exact) mass is 571 g/mol. The van der Waals surface area contributed by atoms with Crippen molar-refractivity contribution in [2.24, 2.45) is 5.92 Å². The minimum Gasteiger partial charge on any atom is -0.484 e. The number of nitrogens with one attached hydrogen (secondary N) is 2. The molecular weight excluding hydrogens is 546 g/mol. The summed E-state index contributed by atoms with van der Waals surface area (Å²) in [7, 11) is 0. The molecule has 0 saturated carbocycles. The molecular formula is C30H25N3O5S2. The zero-order chi connectivity index (χ0) is 28.0. The number of carbonyl (C=O) groups is 3. The summed E-state index contributed by atoms with van der Waals surface area (Å²) in [6.45, 7) is 3.75. The standard InChI is InChI=1S/C30H25N3O5S2/c1-16-3-9-19(10-4-16)31-22(34)15-38-21-13-7-18(8-14-21)23-24-26(39-27-25(23)40-30(37)32-27)29(36)33(28(24)35)20-11-5-17(2)6-12-20/h3-14,23-24,26H,15H2,1-2H3,(H,31,34)(H,32,37)/t23-,24?,26?/m1/s1. The molecule has 3 heterocycles. The number of carbonyl (C=O) groups excluding carboxylic acids is 3. The lowest BCUT2D eigenvalue weighted by Gasteiger charge is -2.29. The maximum absolute atomic E-state index is 13.8. The number of aryl methyl sites for hydroxylation is 2. The Morgan fingerprint density at radius 2 is 1.55 bits per heavy atom. The maximum atomic E-state index is 13.8. The van der Waals surface area contributed by atoms with Crippen molar-refractivity contribution in [1.29, 1.82) is 0 Å². The number of hydrogen-bond donors (Lipinski definition) is 2. The number of aromatic amines is 1. The predicted molar refractivity (Wildman–Crippen MR) is 155 cm³/mol. The highest BCUT2D eigenvalue weighted by Crippen LogP contribution is 2.53. The Labute approximate surface area is 238 Å². The Balaban J connectivity index is 1.24. The number of amides is 3. The fourth-order valence-electron chi connectivity index (χ4n) is 5.08. The van der Waals surface area contributed by atoms with E-state index in [2.05, 4.69) is 10.3 Å². The SMILES string of the molecule is Cc1ccc(NC(=O)COc2ccc([C@H]3c4sc(=O)[nH]c4SC4C(=O)N(c5ccc(C)cc5)C(=O)C43)cc2)cc1. The first-order valence-corrected chi connectivity index (χ1v) is 14.4. The van der Waals surface area contributed by atoms with Crippen LogP contribution < -0.4 is 19.8 Å². The molecule has 2 unspecified atom stereocenters. The van der Waals surface area contributed by atoms with E-state index in [1.165, 1.54) is 16.7 Å². The molecule has 1 aromatic heterocycles. The predicted octanol–water partition coefficient (Wildman–Crippen LogP) is 4.87. The largest absolute Gasteiger partial charge is 0.484 e. The van der Waals surface area contributed by atoms with E-state index >= 15 is 0 Å². The zero-order valence-corrected chi connectivity index (χ0v) is 23.3. The molecule has 3 amide bonds. The number of aromatic nitrogens is 1. The van der Waals surface area contributed by atoms with E-state index in [9.17, 15) is 19.2 Å². The Morgan fingerprint density at radius 1 is 0.900 bits per heavy atom. The van der Waals surface area contributed by atoms with Crippen LogP contribution in [0.3, 0.4) is 0 Å². The number of thiazole rings is 1. The van der Waals surface area contributed by atoms with Gasteiger partial charge in [-0.25, -0.2) is 4.90 Å². The number of rotatable bonds is 6. The van der Waals surface area contributed by atoms with Gasteiger partial charge in [0.15, 0.2) is 6.61 Å². The maximum Gasteiger partial charge on any atom is 0.305 e.